The molecule has 0 spiro atoms. The summed E-state index contributed by atoms with van der Waals surface area (Å²) in [5, 5.41) is 12.4. The summed E-state index contributed by atoms with van der Waals surface area (Å²) in [6.07, 6.45) is 0.839. The first-order chi connectivity index (χ1) is 12.0. The molecule has 1 aliphatic heterocycles. The number of aryl methyl sites for hydroxylation is 2. The summed E-state index contributed by atoms with van der Waals surface area (Å²) in [6, 6.07) is 9.02. The predicted octanol–water partition coefficient (Wildman–Crippen LogP) is 2.56. The van der Waals surface area contributed by atoms with Crippen molar-refractivity contribution in [3.8, 4) is 0 Å². The average molecular weight is 359 g/mol. The van der Waals surface area contributed by atoms with Gasteiger partial charge in [-0.15, -0.1) is 10.2 Å². The molecule has 0 saturated carbocycles. The van der Waals surface area contributed by atoms with Crippen LogP contribution in [0.5, 0.6) is 0 Å². The number of benzene rings is 1. The van der Waals surface area contributed by atoms with E-state index < -0.39 is 0 Å². The minimum atomic E-state index is -0.0187. The Hall–Kier alpha value is -1.99. The van der Waals surface area contributed by atoms with Crippen LogP contribution in [-0.4, -0.2) is 53.2 Å². The molecular weight excluding hydrogens is 334 g/mol. The molecule has 1 atom stereocenters. The SMILES string of the molecule is CCc1nnc(NC(=O)CN2CCN(c3ccc(C)cc3)[C@H](C)C2)s1. The third-order valence-electron chi connectivity index (χ3n) is 4.46. The van der Waals surface area contributed by atoms with Gasteiger partial charge in [-0.3, -0.25) is 15.0 Å². The number of hydrogen-bond donors (Lipinski definition) is 1. The summed E-state index contributed by atoms with van der Waals surface area (Å²) in [5.41, 5.74) is 2.53. The Morgan fingerprint density at radius 3 is 2.68 bits per heavy atom. The second kappa shape index (κ2) is 7.93. The van der Waals surface area contributed by atoms with Crippen LogP contribution in [0.1, 0.15) is 24.4 Å². The molecule has 0 unspecified atom stereocenters. The van der Waals surface area contributed by atoms with Gasteiger partial charge in [-0.05, 0) is 32.4 Å². The molecule has 0 radical (unpaired) electrons. The van der Waals surface area contributed by atoms with Crippen molar-refractivity contribution >= 4 is 28.1 Å². The minimum absolute atomic E-state index is 0.0187. The fraction of sp³-hybridized carbons (Fsp3) is 0.500. The quantitative estimate of drug-likeness (QED) is 0.889. The zero-order valence-electron chi connectivity index (χ0n) is 15.0. The number of hydrogen-bond acceptors (Lipinski definition) is 6. The Bertz CT molecular complexity index is 715. The number of nitrogens with one attached hydrogen (secondary N) is 1. The lowest BCUT2D eigenvalue weighted by Crippen LogP contribution is -2.53. The summed E-state index contributed by atoms with van der Waals surface area (Å²) in [7, 11) is 0. The zero-order valence-corrected chi connectivity index (χ0v) is 15.8. The van der Waals surface area contributed by atoms with E-state index in [0.717, 1.165) is 31.1 Å². The van der Waals surface area contributed by atoms with Gasteiger partial charge in [0, 0.05) is 31.4 Å². The summed E-state index contributed by atoms with van der Waals surface area (Å²) >= 11 is 1.44. The van der Waals surface area contributed by atoms with Crippen LogP contribution in [0.25, 0.3) is 0 Å². The van der Waals surface area contributed by atoms with Gasteiger partial charge < -0.3 is 4.90 Å². The molecule has 1 saturated heterocycles. The molecule has 0 bridgehead atoms. The van der Waals surface area contributed by atoms with E-state index in [2.05, 4.69) is 63.4 Å². The summed E-state index contributed by atoms with van der Waals surface area (Å²) in [5.74, 6) is -0.0187. The molecule has 134 valence electrons. The van der Waals surface area contributed by atoms with Crippen LogP contribution in [0.2, 0.25) is 0 Å². The fourth-order valence-electron chi connectivity index (χ4n) is 3.11. The molecule has 1 aliphatic rings. The van der Waals surface area contributed by atoms with E-state index in [4.69, 9.17) is 0 Å². The van der Waals surface area contributed by atoms with Gasteiger partial charge in [-0.2, -0.15) is 0 Å². The monoisotopic (exact) mass is 359 g/mol. The third-order valence-corrected chi connectivity index (χ3v) is 5.44. The van der Waals surface area contributed by atoms with Crippen LogP contribution < -0.4 is 10.2 Å². The van der Waals surface area contributed by atoms with Gasteiger partial charge in [0.05, 0.1) is 6.54 Å². The van der Waals surface area contributed by atoms with Gasteiger partial charge in [-0.25, -0.2) is 0 Å². The van der Waals surface area contributed by atoms with E-state index in [1.54, 1.807) is 0 Å². The van der Waals surface area contributed by atoms with Gasteiger partial charge >= 0.3 is 0 Å². The Kier molecular flexibility index (Phi) is 5.65. The number of amides is 1. The molecule has 2 aromatic rings. The normalized spacial score (nSPS) is 18.4. The molecule has 25 heavy (non-hydrogen) atoms. The highest BCUT2D eigenvalue weighted by molar-refractivity contribution is 7.15. The Morgan fingerprint density at radius 1 is 1.28 bits per heavy atom. The molecule has 1 N–H and O–H groups in total. The predicted molar refractivity (Wildman–Crippen MR) is 102 cm³/mol. The van der Waals surface area contributed by atoms with Crippen molar-refractivity contribution in [1.82, 2.24) is 15.1 Å². The first kappa shape index (κ1) is 17.8. The highest BCUT2D eigenvalue weighted by Crippen LogP contribution is 2.21. The number of carbonyl (C=O) groups excluding carboxylic acids is 1. The van der Waals surface area contributed by atoms with Crippen molar-refractivity contribution in [2.45, 2.75) is 33.2 Å². The molecule has 6 nitrogen and oxygen atoms in total. The van der Waals surface area contributed by atoms with Gasteiger partial charge in [0.25, 0.3) is 0 Å². The van der Waals surface area contributed by atoms with Gasteiger partial charge in [-0.1, -0.05) is 36.0 Å². The fourth-order valence-corrected chi connectivity index (χ4v) is 3.80. The van der Waals surface area contributed by atoms with Crippen molar-refractivity contribution in [3.63, 3.8) is 0 Å². The molecule has 1 aromatic carbocycles. The Morgan fingerprint density at radius 2 is 2.04 bits per heavy atom. The van der Waals surface area contributed by atoms with Gasteiger partial charge in [0.15, 0.2) is 0 Å². The van der Waals surface area contributed by atoms with Crippen molar-refractivity contribution in [2.75, 3.05) is 36.4 Å². The van der Waals surface area contributed by atoms with E-state index in [-0.39, 0.29) is 5.91 Å². The molecule has 1 amide bonds. The molecule has 1 aromatic heterocycles. The van der Waals surface area contributed by atoms with Crippen molar-refractivity contribution in [1.29, 1.82) is 0 Å². The molecule has 2 heterocycles. The van der Waals surface area contributed by atoms with Gasteiger partial charge in [0.1, 0.15) is 5.01 Å². The van der Waals surface area contributed by atoms with E-state index in [0.29, 0.717) is 17.7 Å². The number of nitrogens with zero attached hydrogens (tertiary/aromatic N) is 4. The minimum Gasteiger partial charge on any atom is -0.366 e. The number of rotatable bonds is 5. The first-order valence-electron chi connectivity index (χ1n) is 8.73. The summed E-state index contributed by atoms with van der Waals surface area (Å²) < 4.78 is 0. The van der Waals surface area contributed by atoms with E-state index in [9.17, 15) is 4.79 Å². The van der Waals surface area contributed by atoms with E-state index in [1.165, 1.54) is 22.6 Å². The lowest BCUT2D eigenvalue weighted by molar-refractivity contribution is -0.117. The Labute approximate surface area is 152 Å². The molecule has 3 rings (SSSR count). The Balaban J connectivity index is 1.52. The molecular formula is C18H25N5OS. The number of piperazine rings is 1. The van der Waals surface area contributed by atoms with Crippen LogP contribution in [0.15, 0.2) is 24.3 Å². The number of anilines is 2. The number of carbonyl (C=O) groups is 1. The molecule has 0 aliphatic carbocycles. The lowest BCUT2D eigenvalue weighted by atomic mass is 10.1. The van der Waals surface area contributed by atoms with E-state index in [1.807, 2.05) is 6.92 Å². The maximum Gasteiger partial charge on any atom is 0.240 e. The number of aromatic nitrogens is 2. The van der Waals surface area contributed by atoms with Crippen LogP contribution in [0, 0.1) is 6.92 Å². The zero-order chi connectivity index (χ0) is 17.8. The molecule has 1 fully saturated rings. The van der Waals surface area contributed by atoms with Crippen molar-refractivity contribution in [2.24, 2.45) is 0 Å². The maximum atomic E-state index is 12.2. The van der Waals surface area contributed by atoms with Crippen LogP contribution in [0.3, 0.4) is 0 Å². The smallest absolute Gasteiger partial charge is 0.240 e. The first-order valence-corrected chi connectivity index (χ1v) is 9.54. The largest absolute Gasteiger partial charge is 0.366 e. The third kappa shape index (κ3) is 4.55. The van der Waals surface area contributed by atoms with Crippen LogP contribution >= 0.6 is 11.3 Å². The van der Waals surface area contributed by atoms with E-state index >= 15 is 0 Å². The summed E-state index contributed by atoms with van der Waals surface area (Å²) in [4.78, 5) is 16.9. The van der Waals surface area contributed by atoms with Gasteiger partial charge in [0.2, 0.25) is 11.0 Å². The molecule has 7 heteroatoms. The van der Waals surface area contributed by atoms with Crippen LogP contribution in [0.4, 0.5) is 10.8 Å². The second-order valence-electron chi connectivity index (χ2n) is 6.52. The van der Waals surface area contributed by atoms with Crippen molar-refractivity contribution < 1.29 is 4.79 Å². The maximum absolute atomic E-state index is 12.2. The topological polar surface area (TPSA) is 61.4 Å². The average Bonchev–Trinajstić information content (AvgIpc) is 3.03. The second-order valence-corrected chi connectivity index (χ2v) is 7.58. The highest BCUT2D eigenvalue weighted by Gasteiger charge is 2.25. The lowest BCUT2D eigenvalue weighted by Gasteiger charge is -2.41. The van der Waals surface area contributed by atoms with Crippen molar-refractivity contribution in [3.05, 3.63) is 34.8 Å². The highest BCUT2D eigenvalue weighted by atomic mass is 32.1. The summed E-state index contributed by atoms with van der Waals surface area (Å²) in [6.45, 7) is 9.41. The van der Waals surface area contributed by atoms with Crippen LogP contribution in [-0.2, 0) is 11.2 Å². The standard InChI is InChI=1S/C18H25N5OS/c1-4-17-20-21-18(25-17)19-16(24)12-22-9-10-23(14(3)11-22)15-7-5-13(2)6-8-15/h5-8,14H,4,9-12H2,1-3H3,(H,19,21,24)/t14-/m1/s1.